The molecule has 1 aromatic carbocycles. The summed E-state index contributed by atoms with van der Waals surface area (Å²) < 4.78 is 31.2. The summed E-state index contributed by atoms with van der Waals surface area (Å²) in [6.45, 7) is 0.509. The Labute approximate surface area is 120 Å². The van der Waals surface area contributed by atoms with Gasteiger partial charge < -0.3 is 10.5 Å². The van der Waals surface area contributed by atoms with E-state index in [4.69, 9.17) is 16.9 Å². The van der Waals surface area contributed by atoms with E-state index in [1.807, 2.05) is 0 Å². The third-order valence-corrected chi connectivity index (χ3v) is 3.92. The van der Waals surface area contributed by atoms with Gasteiger partial charge in [-0.25, -0.2) is 13.1 Å². The van der Waals surface area contributed by atoms with Crippen molar-refractivity contribution in [1.82, 2.24) is 4.72 Å². The lowest BCUT2D eigenvalue weighted by Gasteiger charge is -2.08. The van der Waals surface area contributed by atoms with Gasteiger partial charge in [0.2, 0.25) is 10.0 Å². The molecule has 0 unspecified atom stereocenters. The normalized spacial score (nSPS) is 10.9. The maximum Gasteiger partial charge on any atom is 0.214 e. The van der Waals surface area contributed by atoms with Gasteiger partial charge in [0.25, 0.3) is 0 Å². The zero-order valence-electron chi connectivity index (χ0n) is 11.3. The average Bonchev–Trinajstić information content (AvgIpc) is 2.40. The van der Waals surface area contributed by atoms with Crippen molar-refractivity contribution in [3.8, 4) is 18.1 Å². The van der Waals surface area contributed by atoms with E-state index in [9.17, 15) is 8.42 Å². The summed E-state index contributed by atoms with van der Waals surface area (Å²) >= 11 is 0. The van der Waals surface area contributed by atoms with Crippen LogP contribution in [0.4, 0.5) is 5.69 Å². The fourth-order valence-electron chi connectivity index (χ4n) is 1.49. The predicted octanol–water partition coefficient (Wildman–Crippen LogP) is 1.37. The van der Waals surface area contributed by atoms with Crippen LogP contribution in [-0.2, 0) is 10.0 Å². The van der Waals surface area contributed by atoms with E-state index in [-0.39, 0.29) is 12.4 Å². The molecule has 0 aromatic heterocycles. The van der Waals surface area contributed by atoms with E-state index in [1.165, 1.54) is 0 Å². The second-order valence-corrected chi connectivity index (χ2v) is 6.22. The summed E-state index contributed by atoms with van der Waals surface area (Å²) in [5.74, 6) is 3.04. The minimum Gasteiger partial charge on any atom is -0.492 e. The van der Waals surface area contributed by atoms with E-state index < -0.39 is 10.0 Å². The Kier molecular flexibility index (Phi) is 6.91. The van der Waals surface area contributed by atoms with Gasteiger partial charge in [0.05, 0.1) is 5.75 Å². The van der Waals surface area contributed by atoms with Crippen molar-refractivity contribution in [2.75, 3.05) is 24.6 Å². The lowest BCUT2D eigenvalue weighted by Crippen LogP contribution is -2.29. The molecule has 0 aliphatic heterocycles. The van der Waals surface area contributed by atoms with Gasteiger partial charge in [-0.15, -0.1) is 12.3 Å². The van der Waals surface area contributed by atoms with Gasteiger partial charge in [0, 0.05) is 18.7 Å². The van der Waals surface area contributed by atoms with Crippen molar-refractivity contribution in [2.24, 2.45) is 0 Å². The molecule has 0 radical (unpaired) electrons. The van der Waals surface area contributed by atoms with E-state index in [2.05, 4.69) is 10.6 Å². The Balaban J connectivity index is 2.22. The topological polar surface area (TPSA) is 81.4 Å². The summed E-state index contributed by atoms with van der Waals surface area (Å²) in [7, 11) is -3.30. The lowest BCUT2D eigenvalue weighted by molar-refractivity contribution is 0.340. The fourth-order valence-corrected chi connectivity index (χ4v) is 2.39. The highest BCUT2D eigenvalue weighted by Crippen LogP contribution is 2.12. The Morgan fingerprint density at radius 2 is 1.95 bits per heavy atom. The Morgan fingerprint density at radius 3 is 2.60 bits per heavy atom. The number of ether oxygens (including phenoxy) is 1. The van der Waals surface area contributed by atoms with Crippen molar-refractivity contribution in [3.05, 3.63) is 24.3 Å². The van der Waals surface area contributed by atoms with Crippen LogP contribution < -0.4 is 15.2 Å². The molecule has 0 aliphatic rings. The van der Waals surface area contributed by atoms with Crippen LogP contribution in [0.3, 0.4) is 0 Å². The van der Waals surface area contributed by atoms with Gasteiger partial charge in [0.15, 0.2) is 0 Å². The van der Waals surface area contributed by atoms with Crippen LogP contribution in [0.25, 0.3) is 0 Å². The van der Waals surface area contributed by atoms with Crippen LogP contribution in [0.15, 0.2) is 24.3 Å². The molecule has 110 valence electrons. The molecule has 0 aliphatic carbocycles. The van der Waals surface area contributed by atoms with Crippen LogP contribution in [0, 0.1) is 12.3 Å². The molecule has 1 rings (SSSR count). The van der Waals surface area contributed by atoms with Crippen molar-refractivity contribution >= 4 is 15.7 Å². The molecular weight excluding hydrogens is 276 g/mol. The molecule has 3 N–H and O–H groups in total. The number of rotatable bonds is 9. The summed E-state index contributed by atoms with van der Waals surface area (Å²) in [6.07, 6.45) is 7.34. The number of nitrogens with one attached hydrogen (secondary N) is 1. The third-order valence-electron chi connectivity index (χ3n) is 2.57. The molecule has 0 amide bonds. The smallest absolute Gasteiger partial charge is 0.214 e. The first-order valence-corrected chi connectivity index (χ1v) is 8.08. The standard InChI is InChI=1S/C14H20N2O3S/c1-2-3-4-5-10-16-20(17,18)12-11-19-14-8-6-13(15)7-9-14/h1,6-9,16H,3-5,10-12,15H2. The van der Waals surface area contributed by atoms with Crippen LogP contribution >= 0.6 is 0 Å². The van der Waals surface area contributed by atoms with Gasteiger partial charge in [-0.3, -0.25) is 0 Å². The number of benzene rings is 1. The number of nitrogens with two attached hydrogens (primary N) is 1. The first-order chi connectivity index (χ1) is 9.53. The van der Waals surface area contributed by atoms with Gasteiger partial charge in [-0.05, 0) is 37.1 Å². The van der Waals surface area contributed by atoms with Crippen LogP contribution in [0.2, 0.25) is 0 Å². The molecule has 20 heavy (non-hydrogen) atoms. The first-order valence-electron chi connectivity index (χ1n) is 6.42. The number of anilines is 1. The second kappa shape index (κ2) is 8.46. The summed E-state index contributed by atoms with van der Waals surface area (Å²) in [5.41, 5.74) is 6.18. The number of unbranched alkanes of at least 4 members (excludes halogenated alkanes) is 2. The lowest BCUT2D eigenvalue weighted by atomic mass is 10.2. The highest BCUT2D eigenvalue weighted by molar-refractivity contribution is 7.89. The van der Waals surface area contributed by atoms with Gasteiger partial charge >= 0.3 is 0 Å². The maximum absolute atomic E-state index is 11.7. The zero-order valence-corrected chi connectivity index (χ0v) is 12.2. The van der Waals surface area contributed by atoms with Gasteiger partial charge in [0.1, 0.15) is 12.4 Å². The van der Waals surface area contributed by atoms with Crippen LogP contribution in [0.5, 0.6) is 5.75 Å². The molecule has 5 nitrogen and oxygen atoms in total. The Hall–Kier alpha value is -1.71. The Morgan fingerprint density at radius 1 is 1.25 bits per heavy atom. The fraction of sp³-hybridized carbons (Fsp3) is 0.429. The van der Waals surface area contributed by atoms with Crippen molar-refractivity contribution in [2.45, 2.75) is 19.3 Å². The number of terminal acetylenes is 1. The van der Waals surface area contributed by atoms with E-state index in [0.29, 0.717) is 24.4 Å². The molecule has 0 bridgehead atoms. The van der Waals surface area contributed by atoms with E-state index >= 15 is 0 Å². The SMILES string of the molecule is C#CCCCCNS(=O)(=O)CCOc1ccc(N)cc1. The van der Waals surface area contributed by atoms with Gasteiger partial charge in [-0.1, -0.05) is 0 Å². The molecular formula is C14H20N2O3S. The molecule has 0 fully saturated rings. The maximum atomic E-state index is 11.7. The molecule has 0 saturated heterocycles. The molecule has 0 atom stereocenters. The van der Waals surface area contributed by atoms with Crippen LogP contribution in [-0.4, -0.2) is 27.3 Å². The highest BCUT2D eigenvalue weighted by atomic mass is 32.2. The molecule has 0 spiro atoms. The monoisotopic (exact) mass is 296 g/mol. The van der Waals surface area contributed by atoms with Crippen molar-refractivity contribution < 1.29 is 13.2 Å². The summed E-state index contributed by atoms with van der Waals surface area (Å²) in [6, 6.07) is 6.81. The summed E-state index contributed by atoms with van der Waals surface area (Å²) in [4.78, 5) is 0. The minimum absolute atomic E-state index is 0.0769. The average molecular weight is 296 g/mol. The Bertz CT molecular complexity index is 533. The number of hydrogen-bond acceptors (Lipinski definition) is 4. The first kappa shape index (κ1) is 16.3. The predicted molar refractivity (Wildman–Crippen MR) is 80.8 cm³/mol. The highest BCUT2D eigenvalue weighted by Gasteiger charge is 2.09. The third kappa shape index (κ3) is 7.02. The number of nitrogen functional groups attached to an aromatic ring is 1. The molecule has 1 aromatic rings. The largest absolute Gasteiger partial charge is 0.492 e. The molecule has 0 saturated carbocycles. The quantitative estimate of drug-likeness (QED) is 0.410. The van der Waals surface area contributed by atoms with Gasteiger partial charge in [-0.2, -0.15) is 0 Å². The van der Waals surface area contributed by atoms with Crippen LogP contribution in [0.1, 0.15) is 19.3 Å². The second-order valence-electron chi connectivity index (χ2n) is 4.29. The number of hydrogen-bond donors (Lipinski definition) is 2. The molecule has 0 heterocycles. The van der Waals surface area contributed by atoms with Crippen molar-refractivity contribution in [1.29, 1.82) is 0 Å². The minimum atomic E-state index is -3.30. The summed E-state index contributed by atoms with van der Waals surface area (Å²) in [5, 5.41) is 0. The van der Waals surface area contributed by atoms with E-state index in [1.54, 1.807) is 24.3 Å². The van der Waals surface area contributed by atoms with Crippen molar-refractivity contribution in [3.63, 3.8) is 0 Å². The zero-order chi connectivity index (χ0) is 14.8. The molecule has 6 heteroatoms. The number of sulfonamides is 1. The van der Waals surface area contributed by atoms with E-state index in [0.717, 1.165) is 12.8 Å².